The first-order valence-corrected chi connectivity index (χ1v) is 9.36. The largest absolute Gasteiger partial charge is 0.352 e. The first-order valence-electron chi connectivity index (χ1n) is 6.89. The summed E-state index contributed by atoms with van der Waals surface area (Å²) < 4.78 is 12.0. The van der Waals surface area contributed by atoms with Gasteiger partial charge in [0.25, 0.3) is 0 Å². The molecule has 1 saturated heterocycles. The molecule has 2 unspecified atom stereocenters. The molecule has 1 fully saturated rings. The van der Waals surface area contributed by atoms with Crippen molar-refractivity contribution in [2.24, 2.45) is 0 Å². The Hall–Kier alpha value is -1.66. The molecule has 1 N–H and O–H groups in total. The standard InChI is InChI=1S/C13H13N5O3S3/c19-12-10(18(22)24(21)23)4-7-17(12)11-3-2-9(8-15-11)16-6-1-5-14-13(16)20/h1-3,5-6,8,10,22H,4,7H2,(H,21,23). The minimum absolute atomic E-state index is 0.222. The number of anilines is 1. The number of hydrogen-bond donors (Lipinski definition) is 2. The van der Waals surface area contributed by atoms with Gasteiger partial charge in [0.1, 0.15) is 11.9 Å². The number of carbonyl (C=O) groups is 1. The van der Waals surface area contributed by atoms with Gasteiger partial charge in [0.05, 0.1) is 21.8 Å². The topological polar surface area (TPSA) is 91.6 Å². The summed E-state index contributed by atoms with van der Waals surface area (Å²) in [7, 11) is -1.51. The Morgan fingerprint density at radius 2 is 2.17 bits per heavy atom. The minimum Gasteiger partial charge on any atom is -0.315 e. The summed E-state index contributed by atoms with van der Waals surface area (Å²) >= 11 is 8.82. The monoisotopic (exact) mass is 383 g/mol. The van der Waals surface area contributed by atoms with E-state index < -0.39 is 21.7 Å². The molecule has 126 valence electrons. The van der Waals surface area contributed by atoms with Crippen molar-refractivity contribution in [2.45, 2.75) is 12.5 Å². The third-order valence-corrected chi connectivity index (χ3v) is 5.73. The van der Waals surface area contributed by atoms with E-state index >= 15 is 0 Å². The van der Waals surface area contributed by atoms with Gasteiger partial charge in [-0.25, -0.2) is 14.8 Å². The summed E-state index contributed by atoms with van der Waals surface area (Å²) in [6.07, 6.45) is 5.00. The highest BCUT2D eigenvalue weighted by Crippen LogP contribution is 2.24. The van der Waals surface area contributed by atoms with E-state index in [9.17, 15) is 14.1 Å². The van der Waals surface area contributed by atoms with Crippen LogP contribution in [0.4, 0.5) is 5.82 Å². The fourth-order valence-electron chi connectivity index (χ4n) is 2.44. The van der Waals surface area contributed by atoms with Gasteiger partial charge in [0, 0.05) is 18.9 Å². The lowest BCUT2D eigenvalue weighted by molar-refractivity contribution is -0.119. The van der Waals surface area contributed by atoms with Gasteiger partial charge in [-0.15, -0.1) is 0 Å². The van der Waals surface area contributed by atoms with Gasteiger partial charge in [-0.05, 0) is 35.8 Å². The summed E-state index contributed by atoms with van der Waals surface area (Å²) in [6.45, 7) is 0.451. The molecule has 3 rings (SSSR count). The van der Waals surface area contributed by atoms with Gasteiger partial charge < -0.3 is 4.55 Å². The Kier molecular flexibility index (Phi) is 5.06. The Bertz CT molecular complexity index is 841. The quantitative estimate of drug-likeness (QED) is 0.736. The average molecular weight is 383 g/mol. The highest BCUT2D eigenvalue weighted by molar-refractivity contribution is 8.27. The first kappa shape index (κ1) is 17.2. The van der Waals surface area contributed by atoms with E-state index in [-0.39, 0.29) is 5.91 Å². The number of hydrogen-bond acceptors (Lipinski definition) is 6. The molecule has 1 amide bonds. The van der Waals surface area contributed by atoms with Gasteiger partial charge in [0.15, 0.2) is 0 Å². The van der Waals surface area contributed by atoms with Crippen molar-refractivity contribution in [3.63, 3.8) is 0 Å². The second-order valence-corrected chi connectivity index (χ2v) is 7.43. The van der Waals surface area contributed by atoms with Crippen LogP contribution in [0.2, 0.25) is 0 Å². The molecule has 0 saturated carbocycles. The fourth-order valence-corrected chi connectivity index (χ4v) is 3.38. The third-order valence-electron chi connectivity index (χ3n) is 3.60. The molecule has 0 bridgehead atoms. The Balaban J connectivity index is 1.82. The molecule has 3 heterocycles. The van der Waals surface area contributed by atoms with Crippen molar-refractivity contribution in [3.05, 3.63) is 47.3 Å². The minimum atomic E-state index is -1.51. The molecule has 0 radical (unpaired) electrons. The first-order chi connectivity index (χ1) is 11.5. The zero-order chi connectivity index (χ0) is 17.3. The molecule has 1 aliphatic heterocycles. The summed E-state index contributed by atoms with van der Waals surface area (Å²) in [6, 6.07) is 4.41. The molecule has 2 aromatic heterocycles. The van der Waals surface area contributed by atoms with Crippen LogP contribution in [0, 0.1) is 0 Å². The molecule has 2 atom stereocenters. The number of rotatable bonds is 4. The maximum absolute atomic E-state index is 12.4. The fraction of sp³-hybridized carbons (Fsp3) is 0.231. The van der Waals surface area contributed by atoms with Crippen LogP contribution in [0.3, 0.4) is 0 Å². The third kappa shape index (κ3) is 3.26. The molecule has 0 spiro atoms. The lowest BCUT2D eigenvalue weighted by Gasteiger charge is -2.20. The van der Waals surface area contributed by atoms with Gasteiger partial charge in [-0.2, -0.15) is 3.71 Å². The predicted molar refractivity (Wildman–Crippen MR) is 96.6 cm³/mol. The van der Waals surface area contributed by atoms with E-state index in [2.05, 4.69) is 22.8 Å². The number of thiol groups is 1. The number of amides is 1. The zero-order valence-electron chi connectivity index (χ0n) is 12.2. The number of pyridine rings is 1. The van der Waals surface area contributed by atoms with Crippen LogP contribution < -0.4 is 10.6 Å². The molecule has 1 aliphatic rings. The summed E-state index contributed by atoms with van der Waals surface area (Å²) in [5.74, 6) is 0.243. The van der Waals surface area contributed by atoms with E-state index in [1.165, 1.54) is 25.6 Å². The van der Waals surface area contributed by atoms with Crippen LogP contribution in [0.25, 0.3) is 5.69 Å². The normalized spacial score (nSPS) is 19.0. The van der Waals surface area contributed by atoms with Crippen molar-refractivity contribution in [1.82, 2.24) is 18.2 Å². The maximum Gasteiger partial charge on any atom is 0.352 e. The van der Waals surface area contributed by atoms with Crippen molar-refractivity contribution < 1.29 is 9.35 Å². The van der Waals surface area contributed by atoms with Crippen molar-refractivity contribution in [3.8, 4) is 5.69 Å². The van der Waals surface area contributed by atoms with Gasteiger partial charge in [0.2, 0.25) is 5.91 Å². The van der Waals surface area contributed by atoms with E-state index in [0.717, 1.165) is 0 Å². The van der Waals surface area contributed by atoms with Gasteiger partial charge in [-0.1, -0.05) is 12.8 Å². The second kappa shape index (κ2) is 7.07. The van der Waals surface area contributed by atoms with Crippen LogP contribution in [0.15, 0.2) is 41.6 Å². The van der Waals surface area contributed by atoms with E-state index in [1.54, 1.807) is 24.4 Å². The lowest BCUT2D eigenvalue weighted by atomic mass is 10.3. The molecule has 2 aromatic rings. The van der Waals surface area contributed by atoms with Crippen molar-refractivity contribution in [1.29, 1.82) is 0 Å². The van der Waals surface area contributed by atoms with Gasteiger partial charge >= 0.3 is 5.69 Å². The highest BCUT2D eigenvalue weighted by atomic mass is 32.8. The van der Waals surface area contributed by atoms with E-state index in [1.807, 2.05) is 0 Å². The van der Waals surface area contributed by atoms with Crippen LogP contribution in [0.5, 0.6) is 0 Å². The van der Waals surface area contributed by atoms with Gasteiger partial charge in [-0.3, -0.25) is 14.3 Å². The molecule has 24 heavy (non-hydrogen) atoms. The number of nitrogens with zero attached hydrogens (tertiary/aromatic N) is 5. The maximum atomic E-state index is 12.4. The molecular weight excluding hydrogens is 370 g/mol. The Labute approximate surface area is 150 Å². The average Bonchev–Trinajstić information content (AvgIpc) is 2.96. The molecule has 8 nitrogen and oxygen atoms in total. The molecular formula is C13H13N5O3S3. The summed E-state index contributed by atoms with van der Waals surface area (Å²) in [5.41, 5.74) is 0.147. The van der Waals surface area contributed by atoms with Crippen LogP contribution in [0.1, 0.15) is 6.42 Å². The lowest BCUT2D eigenvalue weighted by Crippen LogP contribution is -2.37. The van der Waals surface area contributed by atoms with Crippen LogP contribution >= 0.6 is 12.8 Å². The molecule has 0 aromatic carbocycles. The van der Waals surface area contributed by atoms with Crippen LogP contribution in [-0.4, -0.2) is 41.3 Å². The Morgan fingerprint density at radius 1 is 1.38 bits per heavy atom. The van der Waals surface area contributed by atoms with E-state index in [0.29, 0.717) is 24.5 Å². The zero-order valence-corrected chi connectivity index (χ0v) is 14.7. The second-order valence-electron chi connectivity index (χ2n) is 4.97. The molecule has 11 heteroatoms. The van der Waals surface area contributed by atoms with Crippen molar-refractivity contribution >= 4 is 45.6 Å². The highest BCUT2D eigenvalue weighted by Gasteiger charge is 2.37. The van der Waals surface area contributed by atoms with Crippen molar-refractivity contribution in [2.75, 3.05) is 11.4 Å². The summed E-state index contributed by atoms with van der Waals surface area (Å²) in [4.78, 5) is 33.6. The van der Waals surface area contributed by atoms with Crippen LogP contribution in [-0.2, 0) is 25.9 Å². The summed E-state index contributed by atoms with van der Waals surface area (Å²) in [5, 5.41) is 0. The predicted octanol–water partition coefficient (Wildman–Crippen LogP) is 0.348. The Morgan fingerprint density at radius 3 is 2.79 bits per heavy atom. The molecule has 0 aliphatic carbocycles. The van der Waals surface area contributed by atoms with E-state index in [4.69, 9.17) is 11.2 Å². The SMILES string of the molecule is O=C1C(N(S)S(O)=S)CCN1c1ccc(-n2cccnc2=O)cn1. The number of aromatic nitrogens is 3. The smallest absolute Gasteiger partial charge is 0.315 e. The number of carbonyl (C=O) groups excluding carboxylic acids is 1.